The number of hydrogen-bond acceptors (Lipinski definition) is 4. The molecule has 0 bridgehead atoms. The standard InChI is InChI=1S/C4H8N4O8Si/c9-1(10)5-17(6-2(11)12,7-3(13)14)8-4(15)16/h5-8H,(H,9,10)(H,11,12)(H,13,14)(H,15,16). The van der Waals surface area contributed by atoms with E-state index in [0.29, 0.717) is 0 Å². The summed E-state index contributed by atoms with van der Waals surface area (Å²) in [6.07, 6.45) is -7.25. The normalized spacial score (nSPS) is 9.88. The third-order valence-corrected chi connectivity index (χ3v) is 3.53. The monoisotopic (exact) mass is 268 g/mol. The van der Waals surface area contributed by atoms with E-state index in [-0.39, 0.29) is 0 Å². The fourth-order valence-corrected chi connectivity index (χ4v) is 2.49. The molecule has 0 aliphatic carbocycles. The van der Waals surface area contributed by atoms with Crippen molar-refractivity contribution >= 4 is 33.1 Å². The Morgan fingerprint density at radius 1 is 0.588 bits per heavy atom. The number of nitrogens with one attached hydrogen (secondary N) is 4. The molecular formula is C4H8N4O8Si. The second-order valence-electron chi connectivity index (χ2n) is 2.47. The van der Waals surface area contributed by atoms with Crippen molar-refractivity contribution in [3.63, 3.8) is 0 Å². The van der Waals surface area contributed by atoms with Crippen molar-refractivity contribution in [2.24, 2.45) is 0 Å². The highest BCUT2D eigenvalue weighted by molar-refractivity contribution is 6.77. The summed E-state index contributed by atoms with van der Waals surface area (Å²) in [6.45, 7) is 0. The number of carbonyl (C=O) groups is 4. The van der Waals surface area contributed by atoms with E-state index in [2.05, 4.69) is 0 Å². The minimum Gasteiger partial charge on any atom is -0.466 e. The van der Waals surface area contributed by atoms with Gasteiger partial charge >= 0.3 is 33.1 Å². The molecule has 0 fully saturated rings. The predicted octanol–water partition coefficient (Wildman–Crippen LogP) is -1.51. The van der Waals surface area contributed by atoms with Crippen LogP contribution < -0.4 is 19.9 Å². The fourth-order valence-electron chi connectivity index (χ4n) is 0.829. The van der Waals surface area contributed by atoms with Crippen LogP contribution in [0, 0.1) is 0 Å². The maximum atomic E-state index is 10.4. The Morgan fingerprint density at radius 3 is 0.882 bits per heavy atom. The van der Waals surface area contributed by atoms with Gasteiger partial charge in [0, 0.05) is 0 Å². The maximum Gasteiger partial charge on any atom is 0.512 e. The first-order valence-corrected chi connectivity index (χ1v) is 5.71. The van der Waals surface area contributed by atoms with Crippen molar-refractivity contribution in [1.82, 2.24) is 19.9 Å². The SMILES string of the molecule is O=C(O)N[Si](NC(=O)O)(NC(=O)O)NC(=O)O. The minimum atomic E-state index is -4.45. The summed E-state index contributed by atoms with van der Waals surface area (Å²) in [6, 6.07) is 0. The number of hydrogen-bond donors (Lipinski definition) is 8. The molecule has 8 N–H and O–H groups in total. The topological polar surface area (TPSA) is 197 Å². The highest BCUT2D eigenvalue weighted by Crippen LogP contribution is 1.86. The lowest BCUT2D eigenvalue weighted by atomic mass is 11.3. The van der Waals surface area contributed by atoms with E-state index in [1.165, 1.54) is 19.9 Å². The largest absolute Gasteiger partial charge is 0.512 e. The summed E-state index contributed by atoms with van der Waals surface area (Å²) in [5.41, 5.74) is 0. The molecule has 4 amide bonds. The Labute approximate surface area is 93.6 Å². The van der Waals surface area contributed by atoms with Crippen molar-refractivity contribution in [1.29, 1.82) is 0 Å². The highest BCUT2D eigenvalue weighted by atomic mass is 28.4. The van der Waals surface area contributed by atoms with E-state index in [1.807, 2.05) is 0 Å². The first kappa shape index (κ1) is 14.3. The van der Waals surface area contributed by atoms with Gasteiger partial charge in [0.25, 0.3) is 0 Å². The molecule has 96 valence electrons. The molecule has 0 saturated heterocycles. The molecule has 0 aliphatic rings. The molecule has 0 rings (SSSR count). The molecule has 0 heterocycles. The van der Waals surface area contributed by atoms with E-state index >= 15 is 0 Å². The molecule has 12 nitrogen and oxygen atoms in total. The van der Waals surface area contributed by atoms with Crippen LogP contribution in [-0.2, 0) is 0 Å². The first-order chi connectivity index (χ1) is 7.67. The molecule has 0 atom stereocenters. The van der Waals surface area contributed by atoms with Gasteiger partial charge in [0.05, 0.1) is 0 Å². The van der Waals surface area contributed by atoms with Gasteiger partial charge in [0.15, 0.2) is 0 Å². The van der Waals surface area contributed by atoms with E-state index < -0.39 is 33.1 Å². The molecule has 0 radical (unpaired) electrons. The van der Waals surface area contributed by atoms with Crippen LogP contribution in [0.4, 0.5) is 19.2 Å². The van der Waals surface area contributed by atoms with Crippen molar-refractivity contribution in [3.8, 4) is 0 Å². The minimum absolute atomic E-state index is 1.47. The number of amides is 4. The van der Waals surface area contributed by atoms with Gasteiger partial charge in [-0.2, -0.15) is 0 Å². The first-order valence-electron chi connectivity index (χ1n) is 3.71. The zero-order valence-electron chi connectivity index (χ0n) is 7.92. The van der Waals surface area contributed by atoms with Crippen molar-refractivity contribution in [2.75, 3.05) is 0 Å². The summed E-state index contributed by atoms with van der Waals surface area (Å²) in [7, 11) is -4.45. The van der Waals surface area contributed by atoms with Gasteiger partial charge in [0.1, 0.15) is 0 Å². The van der Waals surface area contributed by atoms with Gasteiger partial charge in [-0.3, -0.25) is 19.9 Å². The zero-order chi connectivity index (χ0) is 13.6. The molecule has 0 spiro atoms. The van der Waals surface area contributed by atoms with Crippen molar-refractivity contribution < 1.29 is 39.6 Å². The predicted molar refractivity (Wildman–Crippen MR) is 50.4 cm³/mol. The second-order valence-corrected chi connectivity index (χ2v) is 4.97. The number of rotatable bonds is 4. The number of carboxylic acid groups (broad SMARTS) is 4. The van der Waals surface area contributed by atoms with E-state index in [4.69, 9.17) is 20.4 Å². The molecule has 0 aromatic carbocycles. The molecule has 13 heteroatoms. The van der Waals surface area contributed by atoms with Crippen LogP contribution in [0.2, 0.25) is 0 Å². The summed E-state index contributed by atoms with van der Waals surface area (Å²) in [5.74, 6) is 0. The highest BCUT2D eigenvalue weighted by Gasteiger charge is 2.45. The Bertz CT molecular complexity index is 288. The Hall–Kier alpha value is -2.70. The maximum absolute atomic E-state index is 10.4. The van der Waals surface area contributed by atoms with Gasteiger partial charge in [-0.25, -0.2) is 19.2 Å². The van der Waals surface area contributed by atoms with Crippen LogP contribution in [-0.4, -0.2) is 53.5 Å². The lowest BCUT2D eigenvalue weighted by Gasteiger charge is -2.27. The van der Waals surface area contributed by atoms with E-state index in [1.54, 1.807) is 0 Å². The average Bonchev–Trinajstić information content (AvgIpc) is 1.95. The van der Waals surface area contributed by atoms with Gasteiger partial charge in [-0.1, -0.05) is 0 Å². The average molecular weight is 268 g/mol. The fraction of sp³-hybridized carbons (Fsp3) is 0. The molecular weight excluding hydrogens is 260 g/mol. The quantitative estimate of drug-likeness (QED) is 0.281. The van der Waals surface area contributed by atoms with Crippen LogP contribution in [0.1, 0.15) is 0 Å². The summed E-state index contributed by atoms with van der Waals surface area (Å²) >= 11 is 0. The molecule has 0 aliphatic heterocycles. The molecule has 0 unspecified atom stereocenters. The third kappa shape index (κ3) is 5.67. The van der Waals surface area contributed by atoms with Crippen molar-refractivity contribution in [2.45, 2.75) is 0 Å². The summed E-state index contributed by atoms with van der Waals surface area (Å²) in [5, 5.41) is 33.7. The van der Waals surface area contributed by atoms with Crippen LogP contribution in [0.3, 0.4) is 0 Å². The zero-order valence-corrected chi connectivity index (χ0v) is 8.92. The second kappa shape index (κ2) is 5.40. The van der Waals surface area contributed by atoms with Crippen LogP contribution >= 0.6 is 0 Å². The van der Waals surface area contributed by atoms with E-state index in [9.17, 15) is 19.2 Å². The van der Waals surface area contributed by atoms with Gasteiger partial charge in [-0.05, 0) is 0 Å². The Balaban J connectivity index is 5.16. The van der Waals surface area contributed by atoms with Crippen LogP contribution in [0.15, 0.2) is 0 Å². The lowest BCUT2D eigenvalue weighted by Crippen LogP contribution is -2.83. The molecule has 0 aromatic rings. The summed E-state index contributed by atoms with van der Waals surface area (Å²) < 4.78 is 0. The molecule has 0 aromatic heterocycles. The Morgan fingerprint density at radius 2 is 0.765 bits per heavy atom. The lowest BCUT2D eigenvalue weighted by molar-refractivity contribution is 0.191. The molecule has 17 heavy (non-hydrogen) atoms. The summed E-state index contributed by atoms with van der Waals surface area (Å²) in [4.78, 5) is 47.4. The smallest absolute Gasteiger partial charge is 0.466 e. The van der Waals surface area contributed by atoms with Crippen LogP contribution in [0.5, 0.6) is 0 Å². The third-order valence-electron chi connectivity index (χ3n) is 1.18. The molecule has 0 saturated carbocycles. The van der Waals surface area contributed by atoms with Crippen LogP contribution in [0.25, 0.3) is 0 Å². The van der Waals surface area contributed by atoms with E-state index in [0.717, 1.165) is 0 Å². The van der Waals surface area contributed by atoms with Gasteiger partial charge < -0.3 is 20.4 Å². The van der Waals surface area contributed by atoms with Gasteiger partial charge in [0.2, 0.25) is 0 Å². The van der Waals surface area contributed by atoms with Crippen molar-refractivity contribution in [3.05, 3.63) is 0 Å². The Kier molecular flexibility index (Phi) is 4.54. The van der Waals surface area contributed by atoms with Gasteiger partial charge in [-0.15, -0.1) is 0 Å².